The molecule has 72 valence electrons. The zero-order chi connectivity index (χ0) is 9.97. The summed E-state index contributed by atoms with van der Waals surface area (Å²) < 4.78 is 0. The van der Waals surface area contributed by atoms with E-state index in [0.717, 1.165) is 6.42 Å². The van der Waals surface area contributed by atoms with Crippen molar-refractivity contribution in [2.45, 2.75) is 12.8 Å². The largest absolute Gasteiger partial charge is 0.278 e. The molecule has 1 aliphatic rings. The van der Waals surface area contributed by atoms with Gasteiger partial charge in [-0.2, -0.15) is 0 Å². The molecule has 0 atom stereocenters. The van der Waals surface area contributed by atoms with Crippen LogP contribution in [0.15, 0.2) is 24.5 Å². The van der Waals surface area contributed by atoms with Crippen molar-refractivity contribution in [1.29, 1.82) is 0 Å². The molecule has 1 saturated heterocycles. The van der Waals surface area contributed by atoms with Gasteiger partial charge in [0.25, 0.3) is 5.91 Å². The summed E-state index contributed by atoms with van der Waals surface area (Å²) in [6.07, 6.45) is 4.33. The summed E-state index contributed by atoms with van der Waals surface area (Å²) in [5.74, 6) is -0.320. The Balaban J connectivity index is 2.20. The summed E-state index contributed by atoms with van der Waals surface area (Å²) in [4.78, 5) is 28.1. The van der Waals surface area contributed by atoms with Crippen LogP contribution < -0.4 is 0 Å². The molecule has 1 aromatic heterocycles. The Hall–Kier alpha value is -1.71. The molecule has 1 fully saturated rings. The van der Waals surface area contributed by atoms with Crippen LogP contribution in [0.25, 0.3) is 0 Å². The van der Waals surface area contributed by atoms with Gasteiger partial charge >= 0.3 is 0 Å². The fourth-order valence-corrected chi connectivity index (χ4v) is 1.51. The number of carbonyl (C=O) groups excluding carboxylic acids is 2. The van der Waals surface area contributed by atoms with Crippen molar-refractivity contribution in [3.63, 3.8) is 0 Å². The van der Waals surface area contributed by atoms with Gasteiger partial charge in [-0.3, -0.25) is 19.5 Å². The predicted molar refractivity (Wildman–Crippen MR) is 49.5 cm³/mol. The molecule has 0 unspecified atom stereocenters. The van der Waals surface area contributed by atoms with Gasteiger partial charge in [0.2, 0.25) is 5.91 Å². The third-order valence-corrected chi connectivity index (χ3v) is 2.23. The van der Waals surface area contributed by atoms with Crippen LogP contribution in [0.5, 0.6) is 0 Å². The van der Waals surface area contributed by atoms with Gasteiger partial charge in [0.15, 0.2) is 0 Å². The van der Waals surface area contributed by atoms with Gasteiger partial charge in [-0.15, -0.1) is 0 Å². The van der Waals surface area contributed by atoms with Crippen LogP contribution >= 0.6 is 0 Å². The van der Waals surface area contributed by atoms with Crippen LogP contribution in [0.4, 0.5) is 0 Å². The lowest BCUT2D eigenvalue weighted by molar-refractivity contribution is -0.125. The molecule has 0 N–H and O–H groups in total. The monoisotopic (exact) mass is 190 g/mol. The van der Waals surface area contributed by atoms with Gasteiger partial charge in [-0.25, -0.2) is 0 Å². The highest BCUT2D eigenvalue weighted by molar-refractivity contribution is 6.05. The first kappa shape index (κ1) is 8.87. The normalized spacial score (nSPS) is 16.0. The van der Waals surface area contributed by atoms with E-state index in [2.05, 4.69) is 4.98 Å². The molecular weight excluding hydrogens is 180 g/mol. The Morgan fingerprint density at radius 2 is 2.36 bits per heavy atom. The second-order valence-corrected chi connectivity index (χ2v) is 3.20. The Bertz CT molecular complexity index is 362. The minimum absolute atomic E-state index is 0.0844. The van der Waals surface area contributed by atoms with E-state index in [1.165, 1.54) is 11.1 Å². The quantitative estimate of drug-likeness (QED) is 0.617. The van der Waals surface area contributed by atoms with E-state index in [1.807, 2.05) is 0 Å². The fourth-order valence-electron chi connectivity index (χ4n) is 1.51. The van der Waals surface area contributed by atoms with Crippen molar-refractivity contribution in [3.05, 3.63) is 30.1 Å². The number of hydrogen-bond acceptors (Lipinski definition) is 3. The number of aromatic nitrogens is 1. The summed E-state index contributed by atoms with van der Waals surface area (Å²) in [6, 6.07) is 3.36. The molecule has 0 aliphatic carbocycles. The first-order chi connectivity index (χ1) is 6.79. The topological polar surface area (TPSA) is 50.3 Å². The molecule has 2 amide bonds. The number of imide groups is 1. The number of nitrogens with zero attached hydrogens (tertiary/aromatic N) is 2. The molecule has 0 saturated carbocycles. The maximum atomic E-state index is 11.7. The van der Waals surface area contributed by atoms with Crippen molar-refractivity contribution in [1.82, 2.24) is 9.88 Å². The van der Waals surface area contributed by atoms with E-state index in [0.29, 0.717) is 18.5 Å². The van der Waals surface area contributed by atoms with Crippen LogP contribution in [0, 0.1) is 0 Å². The highest BCUT2D eigenvalue weighted by Crippen LogP contribution is 2.13. The second kappa shape index (κ2) is 3.57. The maximum Gasteiger partial charge on any atom is 0.262 e. The van der Waals surface area contributed by atoms with Gasteiger partial charge in [0.1, 0.15) is 0 Å². The number of hydrogen-bond donors (Lipinski definition) is 0. The molecule has 0 bridgehead atoms. The van der Waals surface area contributed by atoms with Gasteiger partial charge in [-0.1, -0.05) is 0 Å². The van der Waals surface area contributed by atoms with Gasteiger partial charge in [0.05, 0.1) is 5.56 Å². The zero-order valence-corrected chi connectivity index (χ0v) is 7.64. The predicted octanol–water partition coefficient (Wildman–Crippen LogP) is 0.844. The lowest BCUT2D eigenvalue weighted by atomic mass is 10.2. The lowest BCUT2D eigenvalue weighted by Gasteiger charge is -2.12. The van der Waals surface area contributed by atoms with Gasteiger partial charge < -0.3 is 0 Å². The molecule has 0 spiro atoms. The third kappa shape index (κ3) is 1.51. The van der Waals surface area contributed by atoms with E-state index in [1.54, 1.807) is 18.3 Å². The highest BCUT2D eigenvalue weighted by atomic mass is 16.2. The maximum absolute atomic E-state index is 11.7. The molecular formula is C10H10N2O2. The smallest absolute Gasteiger partial charge is 0.262 e. The van der Waals surface area contributed by atoms with Crippen molar-refractivity contribution in [2.24, 2.45) is 0 Å². The molecule has 4 heteroatoms. The summed E-state index contributed by atoms with van der Waals surface area (Å²) in [5.41, 5.74) is 0.475. The first-order valence-corrected chi connectivity index (χ1v) is 4.54. The summed E-state index contributed by atoms with van der Waals surface area (Å²) in [5, 5.41) is 0. The molecule has 0 aromatic carbocycles. The average molecular weight is 190 g/mol. The number of carbonyl (C=O) groups is 2. The van der Waals surface area contributed by atoms with E-state index < -0.39 is 0 Å². The second-order valence-electron chi connectivity index (χ2n) is 3.20. The van der Waals surface area contributed by atoms with E-state index in [-0.39, 0.29) is 11.8 Å². The van der Waals surface area contributed by atoms with Crippen molar-refractivity contribution < 1.29 is 9.59 Å². The molecule has 1 aliphatic heterocycles. The zero-order valence-electron chi connectivity index (χ0n) is 7.64. The van der Waals surface area contributed by atoms with Crippen LogP contribution in [-0.2, 0) is 4.79 Å². The Morgan fingerprint density at radius 1 is 1.50 bits per heavy atom. The molecule has 2 rings (SSSR count). The van der Waals surface area contributed by atoms with Crippen molar-refractivity contribution in [2.75, 3.05) is 6.54 Å². The van der Waals surface area contributed by atoms with Crippen LogP contribution in [0.3, 0.4) is 0 Å². The number of likely N-dealkylation sites (tertiary alicyclic amines) is 1. The molecule has 1 aromatic rings. The van der Waals surface area contributed by atoms with Crippen LogP contribution in [0.2, 0.25) is 0 Å². The first-order valence-electron chi connectivity index (χ1n) is 4.54. The highest BCUT2D eigenvalue weighted by Gasteiger charge is 2.26. The SMILES string of the molecule is O=C1CCCN1C(=O)c1cccnc1. The Morgan fingerprint density at radius 3 is 2.93 bits per heavy atom. The summed E-state index contributed by atoms with van der Waals surface area (Å²) in [7, 11) is 0. The molecule has 4 nitrogen and oxygen atoms in total. The minimum atomic E-state index is -0.236. The Kier molecular flexibility index (Phi) is 2.26. The van der Waals surface area contributed by atoms with Gasteiger partial charge in [0, 0.05) is 25.4 Å². The van der Waals surface area contributed by atoms with Gasteiger partial charge in [-0.05, 0) is 18.6 Å². The molecule has 14 heavy (non-hydrogen) atoms. The van der Waals surface area contributed by atoms with Crippen molar-refractivity contribution in [3.8, 4) is 0 Å². The third-order valence-electron chi connectivity index (χ3n) is 2.23. The number of pyridine rings is 1. The number of amides is 2. The van der Waals surface area contributed by atoms with E-state index >= 15 is 0 Å². The van der Waals surface area contributed by atoms with E-state index in [9.17, 15) is 9.59 Å². The summed E-state index contributed by atoms with van der Waals surface area (Å²) in [6.45, 7) is 0.534. The fraction of sp³-hybridized carbons (Fsp3) is 0.300. The van der Waals surface area contributed by atoms with Crippen molar-refractivity contribution >= 4 is 11.8 Å². The lowest BCUT2D eigenvalue weighted by Crippen LogP contribution is -2.31. The Labute approximate surface area is 81.6 Å². The van der Waals surface area contributed by atoms with E-state index in [4.69, 9.17) is 0 Å². The van der Waals surface area contributed by atoms with Crippen LogP contribution in [-0.4, -0.2) is 28.2 Å². The van der Waals surface area contributed by atoms with Crippen LogP contribution in [0.1, 0.15) is 23.2 Å². The summed E-state index contributed by atoms with van der Waals surface area (Å²) >= 11 is 0. The number of rotatable bonds is 1. The average Bonchev–Trinajstić information content (AvgIpc) is 2.65. The minimum Gasteiger partial charge on any atom is -0.278 e. The molecule has 2 heterocycles. The molecule has 0 radical (unpaired) electrons. The standard InChI is InChI=1S/C10H10N2O2/c13-9-4-2-6-12(9)10(14)8-3-1-5-11-7-8/h1,3,5,7H,2,4,6H2.